The molecule has 0 bridgehead atoms. The van der Waals surface area contributed by atoms with Gasteiger partial charge in [-0.05, 0) is 38.5 Å². The molecule has 1 amide bonds. The maximum atomic E-state index is 11.9. The van der Waals surface area contributed by atoms with Gasteiger partial charge in [0.05, 0.1) is 10.7 Å². The van der Waals surface area contributed by atoms with E-state index in [1.165, 1.54) is 4.88 Å². The Balaban J connectivity index is 1.88. The van der Waals surface area contributed by atoms with E-state index in [0.29, 0.717) is 12.8 Å². The Morgan fingerprint density at radius 3 is 2.74 bits per heavy atom. The van der Waals surface area contributed by atoms with Gasteiger partial charge in [0, 0.05) is 23.4 Å². The molecule has 1 heterocycles. The fraction of sp³-hybridized carbons (Fsp3) is 0.333. The molecule has 0 radical (unpaired) electrons. The molecule has 0 saturated carbocycles. The summed E-state index contributed by atoms with van der Waals surface area (Å²) in [5.41, 5.74) is 3.07. The second-order valence-electron chi connectivity index (χ2n) is 4.67. The van der Waals surface area contributed by atoms with Gasteiger partial charge in [0.25, 0.3) is 0 Å². The van der Waals surface area contributed by atoms with Crippen molar-refractivity contribution in [1.29, 1.82) is 0 Å². The summed E-state index contributed by atoms with van der Waals surface area (Å²) < 4.78 is 0. The Morgan fingerprint density at radius 2 is 2.11 bits per heavy atom. The van der Waals surface area contributed by atoms with Gasteiger partial charge < -0.3 is 5.32 Å². The molecule has 1 aromatic carbocycles. The number of rotatable bonds is 4. The molecule has 0 fully saturated rings. The largest absolute Gasteiger partial charge is 0.326 e. The van der Waals surface area contributed by atoms with E-state index in [9.17, 15) is 4.79 Å². The van der Waals surface area contributed by atoms with E-state index >= 15 is 0 Å². The first-order valence-electron chi connectivity index (χ1n) is 6.34. The van der Waals surface area contributed by atoms with Gasteiger partial charge in [-0.1, -0.05) is 12.1 Å². The van der Waals surface area contributed by atoms with Crippen molar-refractivity contribution < 1.29 is 4.79 Å². The second-order valence-corrected chi connectivity index (χ2v) is 5.95. The fourth-order valence-electron chi connectivity index (χ4n) is 1.81. The molecule has 3 nitrogen and oxygen atoms in total. The standard InChI is InChI=1S/C15H18N2OS/c1-10-5-4-6-13(9-10)17-14(18)7-8-15-16-11(2)12(3)19-15/h4-6,9H,7-8H2,1-3H3,(H,17,18). The highest BCUT2D eigenvalue weighted by Gasteiger charge is 2.07. The lowest BCUT2D eigenvalue weighted by Crippen LogP contribution is -2.12. The minimum absolute atomic E-state index is 0.0381. The van der Waals surface area contributed by atoms with Crippen molar-refractivity contribution >= 4 is 22.9 Å². The van der Waals surface area contributed by atoms with Crippen molar-refractivity contribution in [3.05, 3.63) is 45.4 Å². The molecular weight excluding hydrogens is 256 g/mol. The highest BCUT2D eigenvalue weighted by molar-refractivity contribution is 7.11. The average Bonchev–Trinajstić information content (AvgIpc) is 2.66. The molecule has 0 atom stereocenters. The van der Waals surface area contributed by atoms with Crippen LogP contribution in [0.5, 0.6) is 0 Å². The van der Waals surface area contributed by atoms with Crippen molar-refractivity contribution in [2.24, 2.45) is 0 Å². The molecule has 4 heteroatoms. The van der Waals surface area contributed by atoms with E-state index in [-0.39, 0.29) is 5.91 Å². The molecule has 0 aliphatic heterocycles. The van der Waals surface area contributed by atoms with Crippen LogP contribution in [0.25, 0.3) is 0 Å². The number of carbonyl (C=O) groups excluding carboxylic acids is 1. The van der Waals surface area contributed by atoms with Gasteiger partial charge in [0.15, 0.2) is 0 Å². The van der Waals surface area contributed by atoms with Crippen LogP contribution in [0, 0.1) is 20.8 Å². The predicted molar refractivity (Wildman–Crippen MR) is 79.7 cm³/mol. The molecule has 2 aromatic rings. The fourth-order valence-corrected chi connectivity index (χ4v) is 2.75. The smallest absolute Gasteiger partial charge is 0.224 e. The molecule has 19 heavy (non-hydrogen) atoms. The molecule has 0 unspecified atom stereocenters. The Kier molecular flexibility index (Phi) is 4.32. The van der Waals surface area contributed by atoms with Crippen LogP contribution in [0.1, 0.15) is 27.6 Å². The van der Waals surface area contributed by atoms with Crippen molar-refractivity contribution in [3.63, 3.8) is 0 Å². The van der Waals surface area contributed by atoms with E-state index in [1.54, 1.807) is 11.3 Å². The molecule has 100 valence electrons. The summed E-state index contributed by atoms with van der Waals surface area (Å²) >= 11 is 1.67. The summed E-state index contributed by atoms with van der Waals surface area (Å²) in [6.45, 7) is 6.07. The van der Waals surface area contributed by atoms with Crippen LogP contribution >= 0.6 is 11.3 Å². The molecule has 0 saturated heterocycles. The van der Waals surface area contributed by atoms with Gasteiger partial charge in [-0.15, -0.1) is 11.3 Å². The quantitative estimate of drug-likeness (QED) is 0.925. The number of aryl methyl sites for hydroxylation is 4. The lowest BCUT2D eigenvalue weighted by atomic mass is 10.2. The first-order chi connectivity index (χ1) is 9.04. The van der Waals surface area contributed by atoms with Crippen molar-refractivity contribution in [2.75, 3.05) is 5.32 Å². The maximum absolute atomic E-state index is 11.9. The molecule has 0 aliphatic carbocycles. The van der Waals surface area contributed by atoms with Crippen molar-refractivity contribution in [2.45, 2.75) is 33.6 Å². The van der Waals surface area contributed by atoms with Gasteiger partial charge in [-0.3, -0.25) is 4.79 Å². The Morgan fingerprint density at radius 1 is 1.32 bits per heavy atom. The molecule has 0 spiro atoms. The first-order valence-corrected chi connectivity index (χ1v) is 7.15. The van der Waals surface area contributed by atoms with Gasteiger partial charge in [-0.25, -0.2) is 4.98 Å². The number of thiazole rings is 1. The van der Waals surface area contributed by atoms with Gasteiger partial charge >= 0.3 is 0 Å². The van der Waals surface area contributed by atoms with E-state index in [0.717, 1.165) is 22.0 Å². The Bertz CT molecular complexity index is 570. The third-order valence-electron chi connectivity index (χ3n) is 2.94. The first kappa shape index (κ1) is 13.7. The zero-order chi connectivity index (χ0) is 13.8. The zero-order valence-electron chi connectivity index (χ0n) is 11.5. The summed E-state index contributed by atoms with van der Waals surface area (Å²) in [6.07, 6.45) is 1.18. The number of hydrogen-bond acceptors (Lipinski definition) is 3. The van der Waals surface area contributed by atoms with Gasteiger partial charge in [0.2, 0.25) is 5.91 Å². The summed E-state index contributed by atoms with van der Waals surface area (Å²) in [6, 6.07) is 7.83. The van der Waals surface area contributed by atoms with Gasteiger partial charge in [-0.2, -0.15) is 0 Å². The van der Waals surface area contributed by atoms with E-state index < -0.39 is 0 Å². The number of aromatic nitrogens is 1. The SMILES string of the molecule is Cc1cccc(NC(=O)CCc2nc(C)c(C)s2)c1. The summed E-state index contributed by atoms with van der Waals surface area (Å²) in [4.78, 5) is 17.5. The topological polar surface area (TPSA) is 42.0 Å². The molecule has 0 aliphatic rings. The summed E-state index contributed by atoms with van der Waals surface area (Å²) in [5.74, 6) is 0.0381. The van der Waals surface area contributed by atoms with E-state index in [4.69, 9.17) is 0 Å². The number of nitrogens with zero attached hydrogens (tertiary/aromatic N) is 1. The number of hydrogen-bond donors (Lipinski definition) is 1. The summed E-state index contributed by atoms with van der Waals surface area (Å²) in [7, 11) is 0. The number of nitrogens with one attached hydrogen (secondary N) is 1. The van der Waals surface area contributed by atoms with Crippen LogP contribution in [-0.4, -0.2) is 10.9 Å². The lowest BCUT2D eigenvalue weighted by molar-refractivity contribution is -0.116. The predicted octanol–water partition coefficient (Wildman–Crippen LogP) is 3.64. The molecular formula is C15H18N2OS. The minimum atomic E-state index is 0.0381. The molecule has 2 rings (SSSR count). The maximum Gasteiger partial charge on any atom is 0.224 e. The Hall–Kier alpha value is -1.68. The Labute approximate surface area is 117 Å². The van der Waals surface area contributed by atoms with E-state index in [2.05, 4.69) is 17.2 Å². The number of anilines is 1. The lowest BCUT2D eigenvalue weighted by Gasteiger charge is -2.05. The highest BCUT2D eigenvalue weighted by atomic mass is 32.1. The summed E-state index contributed by atoms with van der Waals surface area (Å²) in [5, 5.41) is 3.95. The van der Waals surface area contributed by atoms with Gasteiger partial charge in [0.1, 0.15) is 0 Å². The number of carbonyl (C=O) groups is 1. The average molecular weight is 274 g/mol. The normalized spacial score (nSPS) is 10.5. The number of amides is 1. The van der Waals surface area contributed by atoms with Crippen LogP contribution in [0.2, 0.25) is 0 Å². The minimum Gasteiger partial charge on any atom is -0.326 e. The van der Waals surface area contributed by atoms with Crippen LogP contribution in [0.3, 0.4) is 0 Å². The zero-order valence-corrected chi connectivity index (χ0v) is 12.3. The van der Waals surface area contributed by atoms with Crippen LogP contribution < -0.4 is 5.32 Å². The molecule has 1 aromatic heterocycles. The van der Waals surface area contributed by atoms with Crippen LogP contribution in [-0.2, 0) is 11.2 Å². The van der Waals surface area contributed by atoms with Crippen LogP contribution in [0.4, 0.5) is 5.69 Å². The molecule has 1 N–H and O–H groups in total. The second kappa shape index (κ2) is 5.97. The van der Waals surface area contributed by atoms with Crippen molar-refractivity contribution in [3.8, 4) is 0 Å². The third-order valence-corrected chi connectivity index (χ3v) is 4.07. The third kappa shape index (κ3) is 3.89. The van der Waals surface area contributed by atoms with E-state index in [1.807, 2.05) is 38.1 Å². The highest BCUT2D eigenvalue weighted by Crippen LogP contribution is 2.18. The van der Waals surface area contributed by atoms with Crippen LogP contribution in [0.15, 0.2) is 24.3 Å². The number of benzene rings is 1. The van der Waals surface area contributed by atoms with Crippen molar-refractivity contribution in [1.82, 2.24) is 4.98 Å². The monoisotopic (exact) mass is 274 g/mol.